The quantitative estimate of drug-likeness (QED) is 0.680. The Morgan fingerprint density at radius 1 is 1.28 bits per heavy atom. The van der Waals surface area contributed by atoms with E-state index in [0.717, 1.165) is 41.0 Å². The van der Waals surface area contributed by atoms with Crippen LogP contribution in [0.25, 0.3) is 5.69 Å². The molecule has 4 rings (SSSR count). The Morgan fingerprint density at radius 2 is 2.03 bits per heavy atom. The van der Waals surface area contributed by atoms with E-state index in [2.05, 4.69) is 16.5 Å². The number of aromatic nitrogens is 2. The Morgan fingerprint density at radius 3 is 2.72 bits per heavy atom. The molecule has 0 saturated heterocycles. The molecule has 6 heteroatoms. The number of carbonyl (C=O) groups excluding carboxylic acids is 1. The van der Waals surface area contributed by atoms with Crippen LogP contribution >= 0.6 is 11.6 Å². The van der Waals surface area contributed by atoms with Crippen LogP contribution in [-0.4, -0.2) is 21.7 Å². The van der Waals surface area contributed by atoms with Crippen LogP contribution in [0.3, 0.4) is 0 Å². The van der Waals surface area contributed by atoms with Gasteiger partial charge in [0.25, 0.3) is 5.91 Å². The molecule has 29 heavy (non-hydrogen) atoms. The molecule has 1 aromatic heterocycles. The lowest BCUT2D eigenvalue weighted by Crippen LogP contribution is -2.26. The number of benzene rings is 2. The molecule has 0 spiro atoms. The number of carbonyl (C=O) groups is 1. The monoisotopic (exact) mass is 404 g/mol. The minimum atomic E-state index is -0.00956. The van der Waals surface area contributed by atoms with Crippen molar-refractivity contribution in [2.45, 2.75) is 39.2 Å². The Balaban J connectivity index is 1.67. The number of hydrogen-bond acceptors (Lipinski definition) is 3. The van der Waals surface area contributed by atoms with Gasteiger partial charge in [-0.15, -0.1) is 0 Å². The minimum Gasteiger partial charge on any atom is -0.349 e. The standard InChI is InChI=1S/C23H21ClN4O/c1-14-21(11-16-5-3-4-6-20(16)23(29)26-18-8-9-18)15(2)28(27-14)19-10-7-17(13-25)22(24)12-19/h3-7,10,12,18H,8-9,11H2,1-2H3,(H,26,29). The number of aryl methyl sites for hydroxylation is 1. The summed E-state index contributed by atoms with van der Waals surface area (Å²) in [6.45, 7) is 3.98. The Hall–Kier alpha value is -3.10. The fraction of sp³-hybridized carbons (Fsp3) is 0.261. The number of nitrogens with one attached hydrogen (secondary N) is 1. The zero-order valence-corrected chi connectivity index (χ0v) is 17.1. The van der Waals surface area contributed by atoms with Crippen molar-refractivity contribution in [3.05, 3.63) is 81.1 Å². The summed E-state index contributed by atoms with van der Waals surface area (Å²) in [7, 11) is 0. The summed E-state index contributed by atoms with van der Waals surface area (Å²) in [5.74, 6) is -0.00956. The summed E-state index contributed by atoms with van der Waals surface area (Å²) < 4.78 is 1.84. The number of nitrogens with zero attached hydrogens (tertiary/aromatic N) is 3. The second kappa shape index (κ2) is 7.73. The first-order valence-electron chi connectivity index (χ1n) is 9.62. The molecular weight excluding hydrogens is 384 g/mol. The zero-order chi connectivity index (χ0) is 20.5. The van der Waals surface area contributed by atoms with E-state index in [-0.39, 0.29) is 5.91 Å². The largest absolute Gasteiger partial charge is 0.349 e. The fourth-order valence-electron chi connectivity index (χ4n) is 3.49. The SMILES string of the molecule is Cc1nn(-c2ccc(C#N)c(Cl)c2)c(C)c1Cc1ccccc1C(=O)NC1CC1. The molecule has 146 valence electrons. The average Bonchev–Trinajstić information content (AvgIpc) is 3.49. The highest BCUT2D eigenvalue weighted by Gasteiger charge is 2.25. The van der Waals surface area contributed by atoms with Gasteiger partial charge in [-0.3, -0.25) is 4.79 Å². The Kier molecular flexibility index (Phi) is 5.12. The van der Waals surface area contributed by atoms with Gasteiger partial charge < -0.3 is 5.32 Å². The molecule has 0 atom stereocenters. The van der Waals surface area contributed by atoms with Crippen molar-refractivity contribution in [2.75, 3.05) is 0 Å². The van der Waals surface area contributed by atoms with Crippen molar-refractivity contribution in [1.29, 1.82) is 5.26 Å². The molecule has 0 bridgehead atoms. The van der Waals surface area contributed by atoms with E-state index in [0.29, 0.717) is 28.6 Å². The van der Waals surface area contributed by atoms with E-state index in [9.17, 15) is 4.79 Å². The van der Waals surface area contributed by atoms with E-state index in [1.54, 1.807) is 12.1 Å². The van der Waals surface area contributed by atoms with Gasteiger partial charge >= 0.3 is 0 Å². The summed E-state index contributed by atoms with van der Waals surface area (Å²) in [5, 5.41) is 17.2. The molecule has 0 unspecified atom stereocenters. The number of nitriles is 1. The van der Waals surface area contributed by atoms with Crippen LogP contribution in [0.4, 0.5) is 0 Å². The van der Waals surface area contributed by atoms with Gasteiger partial charge in [-0.1, -0.05) is 29.8 Å². The van der Waals surface area contributed by atoms with Crippen LogP contribution < -0.4 is 5.32 Å². The maximum atomic E-state index is 12.6. The highest BCUT2D eigenvalue weighted by molar-refractivity contribution is 6.31. The van der Waals surface area contributed by atoms with Crippen molar-refractivity contribution in [2.24, 2.45) is 0 Å². The third-order valence-corrected chi connectivity index (χ3v) is 5.61. The minimum absolute atomic E-state index is 0.00956. The van der Waals surface area contributed by atoms with Gasteiger partial charge in [-0.05, 0) is 56.5 Å². The summed E-state index contributed by atoms with van der Waals surface area (Å²) in [4.78, 5) is 12.6. The van der Waals surface area contributed by atoms with Crippen LogP contribution in [0.2, 0.25) is 5.02 Å². The van der Waals surface area contributed by atoms with Gasteiger partial charge in [0.1, 0.15) is 6.07 Å². The maximum absolute atomic E-state index is 12.6. The lowest BCUT2D eigenvalue weighted by atomic mass is 9.98. The molecule has 1 saturated carbocycles. The van der Waals surface area contributed by atoms with Crippen LogP contribution in [0, 0.1) is 25.2 Å². The number of hydrogen-bond donors (Lipinski definition) is 1. The summed E-state index contributed by atoms with van der Waals surface area (Å²) >= 11 is 6.20. The first-order chi connectivity index (χ1) is 14.0. The second-order valence-electron chi connectivity index (χ2n) is 7.42. The van der Waals surface area contributed by atoms with E-state index in [1.165, 1.54) is 0 Å². The van der Waals surface area contributed by atoms with E-state index < -0.39 is 0 Å². The molecular formula is C23H21ClN4O. The lowest BCUT2D eigenvalue weighted by molar-refractivity contribution is 0.0950. The van der Waals surface area contributed by atoms with E-state index in [4.69, 9.17) is 16.9 Å². The summed E-state index contributed by atoms with van der Waals surface area (Å²) in [6, 6.07) is 15.4. The second-order valence-corrected chi connectivity index (χ2v) is 7.83. The zero-order valence-electron chi connectivity index (χ0n) is 16.4. The van der Waals surface area contributed by atoms with Gasteiger partial charge in [0, 0.05) is 29.3 Å². The van der Waals surface area contributed by atoms with Crippen molar-refractivity contribution in [3.63, 3.8) is 0 Å². The van der Waals surface area contributed by atoms with Crippen LogP contribution in [0.5, 0.6) is 0 Å². The third-order valence-electron chi connectivity index (χ3n) is 5.30. The summed E-state index contributed by atoms with van der Waals surface area (Å²) in [6.07, 6.45) is 2.74. The third kappa shape index (κ3) is 3.90. The molecule has 3 aromatic rings. The van der Waals surface area contributed by atoms with Crippen molar-refractivity contribution >= 4 is 17.5 Å². The molecule has 2 aromatic carbocycles. The van der Waals surface area contributed by atoms with Gasteiger partial charge in [-0.2, -0.15) is 10.4 Å². The summed E-state index contributed by atoms with van der Waals surface area (Å²) in [5.41, 5.74) is 5.91. The molecule has 1 fully saturated rings. The molecule has 1 aliphatic carbocycles. The first kappa shape index (κ1) is 19.2. The van der Waals surface area contributed by atoms with Gasteiger partial charge in [0.2, 0.25) is 0 Å². The number of rotatable bonds is 5. The van der Waals surface area contributed by atoms with Gasteiger partial charge in [0.15, 0.2) is 0 Å². The topological polar surface area (TPSA) is 70.7 Å². The number of halogens is 1. The highest BCUT2D eigenvalue weighted by atomic mass is 35.5. The predicted octanol–water partition coefficient (Wildman–Crippen LogP) is 4.50. The molecule has 1 N–H and O–H groups in total. The fourth-order valence-corrected chi connectivity index (χ4v) is 3.70. The number of amides is 1. The smallest absolute Gasteiger partial charge is 0.251 e. The first-order valence-corrected chi connectivity index (χ1v) is 9.99. The van der Waals surface area contributed by atoms with Crippen LogP contribution in [0.15, 0.2) is 42.5 Å². The van der Waals surface area contributed by atoms with Crippen molar-refractivity contribution in [1.82, 2.24) is 15.1 Å². The van der Waals surface area contributed by atoms with E-state index >= 15 is 0 Å². The molecule has 1 amide bonds. The lowest BCUT2D eigenvalue weighted by Gasteiger charge is -2.11. The molecule has 5 nitrogen and oxygen atoms in total. The van der Waals surface area contributed by atoms with Crippen LogP contribution in [0.1, 0.15) is 51.3 Å². The highest BCUT2D eigenvalue weighted by Crippen LogP contribution is 2.26. The normalized spacial score (nSPS) is 13.2. The van der Waals surface area contributed by atoms with E-state index in [1.807, 2.05) is 48.9 Å². The van der Waals surface area contributed by atoms with Crippen molar-refractivity contribution < 1.29 is 4.79 Å². The predicted molar refractivity (Wildman–Crippen MR) is 112 cm³/mol. The molecule has 0 aliphatic heterocycles. The Labute approximate surface area is 174 Å². The van der Waals surface area contributed by atoms with Gasteiger partial charge in [0.05, 0.1) is 22.0 Å². The molecule has 1 heterocycles. The average molecular weight is 405 g/mol. The Bertz CT molecular complexity index is 1140. The molecule has 1 aliphatic rings. The van der Waals surface area contributed by atoms with Gasteiger partial charge in [-0.25, -0.2) is 4.68 Å². The van der Waals surface area contributed by atoms with Crippen LogP contribution in [-0.2, 0) is 6.42 Å². The van der Waals surface area contributed by atoms with Crippen molar-refractivity contribution in [3.8, 4) is 11.8 Å². The molecule has 0 radical (unpaired) electrons. The maximum Gasteiger partial charge on any atom is 0.251 e.